The Kier molecular flexibility index (Phi) is 6.39. The molecule has 0 bridgehead atoms. The highest BCUT2D eigenvalue weighted by atomic mass is 16.1. The van der Waals surface area contributed by atoms with E-state index in [-0.39, 0.29) is 5.91 Å². The minimum Gasteiger partial charge on any atom is -0.347 e. The fourth-order valence-electron chi connectivity index (χ4n) is 4.13. The Morgan fingerprint density at radius 2 is 1.86 bits per heavy atom. The molecule has 0 aliphatic carbocycles. The third kappa shape index (κ3) is 5.00. The smallest absolute Gasteiger partial charge is 0.272 e. The van der Waals surface area contributed by atoms with Gasteiger partial charge in [0, 0.05) is 25.8 Å². The van der Waals surface area contributed by atoms with Crippen molar-refractivity contribution < 1.29 is 4.79 Å². The maximum Gasteiger partial charge on any atom is 0.272 e. The van der Waals surface area contributed by atoms with Crippen molar-refractivity contribution in [3.63, 3.8) is 0 Å². The van der Waals surface area contributed by atoms with Crippen LogP contribution in [0.5, 0.6) is 0 Å². The molecule has 1 unspecified atom stereocenters. The Balaban J connectivity index is 1.26. The topological polar surface area (TPSA) is 62.2 Å². The van der Waals surface area contributed by atoms with Crippen molar-refractivity contribution in [1.29, 1.82) is 0 Å². The predicted molar refractivity (Wildman–Crippen MR) is 110 cm³/mol. The molecule has 2 saturated heterocycles. The van der Waals surface area contributed by atoms with Gasteiger partial charge in [-0.1, -0.05) is 30.7 Å². The Hall–Kier alpha value is -2.18. The molecular formula is C22H31N5O. The highest BCUT2D eigenvalue weighted by molar-refractivity contribution is 5.92. The normalized spacial score (nSPS) is 20.8. The fourth-order valence-corrected chi connectivity index (χ4v) is 4.13. The summed E-state index contributed by atoms with van der Waals surface area (Å²) < 4.78 is 1.93. The number of hydrogen-bond donors (Lipinski definition) is 2. The second kappa shape index (κ2) is 9.34. The van der Waals surface area contributed by atoms with Gasteiger partial charge in [0.2, 0.25) is 0 Å². The lowest BCUT2D eigenvalue weighted by Crippen LogP contribution is -2.32. The van der Waals surface area contributed by atoms with Crippen LogP contribution in [-0.2, 0) is 13.1 Å². The molecule has 150 valence electrons. The standard InChI is InChI=1S/C22H31N5O/c28-22(21-10-14-27(25-21)20-5-4-11-23-16-20)24-15-18-6-8-19(9-7-18)17-26-12-2-1-3-13-26/h6-10,14,20,23H,1-5,11-13,15-17H2,(H,24,28). The maximum absolute atomic E-state index is 12.4. The average Bonchev–Trinajstić information content (AvgIpc) is 3.25. The Bertz CT molecular complexity index is 757. The zero-order valence-corrected chi connectivity index (χ0v) is 16.6. The average molecular weight is 382 g/mol. The van der Waals surface area contributed by atoms with Gasteiger partial charge in [0.1, 0.15) is 5.69 Å². The van der Waals surface area contributed by atoms with Gasteiger partial charge < -0.3 is 10.6 Å². The van der Waals surface area contributed by atoms with Crippen LogP contribution in [0.1, 0.15) is 59.8 Å². The first-order valence-electron chi connectivity index (χ1n) is 10.6. The van der Waals surface area contributed by atoms with E-state index in [0.717, 1.165) is 38.0 Å². The number of nitrogens with one attached hydrogen (secondary N) is 2. The summed E-state index contributed by atoms with van der Waals surface area (Å²) in [6.07, 6.45) is 8.18. The Morgan fingerprint density at radius 1 is 1.07 bits per heavy atom. The van der Waals surface area contributed by atoms with Crippen LogP contribution in [0.2, 0.25) is 0 Å². The molecule has 6 nitrogen and oxygen atoms in total. The van der Waals surface area contributed by atoms with Crippen LogP contribution in [0.3, 0.4) is 0 Å². The number of benzene rings is 1. The summed E-state index contributed by atoms with van der Waals surface area (Å²) in [5.41, 5.74) is 2.95. The van der Waals surface area contributed by atoms with Gasteiger partial charge >= 0.3 is 0 Å². The van der Waals surface area contributed by atoms with Crippen molar-refractivity contribution in [2.45, 2.75) is 51.2 Å². The van der Waals surface area contributed by atoms with E-state index in [1.165, 1.54) is 37.9 Å². The molecule has 1 atom stereocenters. The highest BCUT2D eigenvalue weighted by Crippen LogP contribution is 2.16. The van der Waals surface area contributed by atoms with Gasteiger partial charge in [-0.2, -0.15) is 5.10 Å². The van der Waals surface area contributed by atoms with Crippen LogP contribution in [0.4, 0.5) is 0 Å². The number of carbonyl (C=O) groups is 1. The molecule has 0 saturated carbocycles. The maximum atomic E-state index is 12.4. The van der Waals surface area contributed by atoms with Crippen LogP contribution < -0.4 is 10.6 Å². The third-order valence-corrected chi connectivity index (χ3v) is 5.82. The van der Waals surface area contributed by atoms with Gasteiger partial charge in [0.25, 0.3) is 5.91 Å². The monoisotopic (exact) mass is 381 g/mol. The van der Waals surface area contributed by atoms with E-state index in [1.54, 1.807) is 0 Å². The minimum absolute atomic E-state index is 0.111. The summed E-state index contributed by atoms with van der Waals surface area (Å²) in [5, 5.41) is 10.9. The molecule has 1 aromatic heterocycles. The molecule has 2 aromatic rings. The van der Waals surface area contributed by atoms with E-state index in [2.05, 4.69) is 44.9 Å². The van der Waals surface area contributed by atoms with Crippen LogP contribution in [0.15, 0.2) is 36.5 Å². The lowest BCUT2D eigenvalue weighted by Gasteiger charge is -2.26. The van der Waals surface area contributed by atoms with E-state index in [4.69, 9.17) is 0 Å². The number of aromatic nitrogens is 2. The molecule has 3 heterocycles. The number of carbonyl (C=O) groups excluding carboxylic acids is 1. The lowest BCUT2D eigenvalue weighted by atomic mass is 10.1. The molecule has 0 radical (unpaired) electrons. The predicted octanol–water partition coefficient (Wildman–Crippen LogP) is 2.72. The molecule has 6 heteroatoms. The Morgan fingerprint density at radius 3 is 2.61 bits per heavy atom. The minimum atomic E-state index is -0.111. The highest BCUT2D eigenvalue weighted by Gasteiger charge is 2.17. The van der Waals surface area contributed by atoms with Crippen molar-refractivity contribution in [2.75, 3.05) is 26.2 Å². The summed E-state index contributed by atoms with van der Waals surface area (Å²) in [6, 6.07) is 10.8. The largest absolute Gasteiger partial charge is 0.347 e. The molecule has 2 N–H and O–H groups in total. The van der Waals surface area contributed by atoms with E-state index in [0.29, 0.717) is 18.3 Å². The van der Waals surface area contributed by atoms with Gasteiger partial charge in [-0.3, -0.25) is 14.4 Å². The first-order chi connectivity index (χ1) is 13.8. The molecule has 2 fully saturated rings. The summed E-state index contributed by atoms with van der Waals surface area (Å²) in [6.45, 7) is 5.97. The SMILES string of the molecule is O=C(NCc1ccc(CN2CCCCC2)cc1)c1ccn(C2CCCNC2)n1. The van der Waals surface area contributed by atoms with Gasteiger partial charge in [0.05, 0.1) is 6.04 Å². The number of likely N-dealkylation sites (tertiary alicyclic amines) is 1. The number of hydrogen-bond acceptors (Lipinski definition) is 4. The van der Waals surface area contributed by atoms with Crippen molar-refractivity contribution in [3.8, 4) is 0 Å². The van der Waals surface area contributed by atoms with Gasteiger partial charge in [-0.15, -0.1) is 0 Å². The summed E-state index contributed by atoms with van der Waals surface area (Å²) in [5.74, 6) is -0.111. The van der Waals surface area contributed by atoms with Crippen molar-refractivity contribution >= 4 is 5.91 Å². The summed E-state index contributed by atoms with van der Waals surface area (Å²) in [4.78, 5) is 15.0. The first kappa shape index (κ1) is 19.2. The quantitative estimate of drug-likeness (QED) is 0.808. The number of nitrogens with zero attached hydrogens (tertiary/aromatic N) is 3. The zero-order chi connectivity index (χ0) is 19.2. The summed E-state index contributed by atoms with van der Waals surface area (Å²) in [7, 11) is 0. The van der Waals surface area contributed by atoms with Crippen LogP contribution in [0, 0.1) is 0 Å². The first-order valence-corrected chi connectivity index (χ1v) is 10.6. The van der Waals surface area contributed by atoms with E-state index >= 15 is 0 Å². The van der Waals surface area contributed by atoms with Gasteiger partial charge in [-0.25, -0.2) is 0 Å². The van der Waals surface area contributed by atoms with Crippen LogP contribution in [-0.4, -0.2) is 46.8 Å². The van der Waals surface area contributed by atoms with Crippen LogP contribution >= 0.6 is 0 Å². The molecule has 0 spiro atoms. The second-order valence-corrected chi connectivity index (χ2v) is 8.02. The zero-order valence-electron chi connectivity index (χ0n) is 16.6. The van der Waals surface area contributed by atoms with Crippen molar-refractivity contribution in [3.05, 3.63) is 53.3 Å². The van der Waals surface area contributed by atoms with Crippen LogP contribution in [0.25, 0.3) is 0 Å². The molecule has 1 amide bonds. The number of piperidine rings is 2. The van der Waals surface area contributed by atoms with Crippen molar-refractivity contribution in [2.24, 2.45) is 0 Å². The number of amides is 1. The number of rotatable bonds is 6. The lowest BCUT2D eigenvalue weighted by molar-refractivity contribution is 0.0944. The molecule has 2 aliphatic rings. The van der Waals surface area contributed by atoms with Crippen molar-refractivity contribution in [1.82, 2.24) is 25.3 Å². The summed E-state index contributed by atoms with van der Waals surface area (Å²) >= 11 is 0. The fraction of sp³-hybridized carbons (Fsp3) is 0.545. The second-order valence-electron chi connectivity index (χ2n) is 8.02. The van der Waals surface area contributed by atoms with Gasteiger partial charge in [0.15, 0.2) is 0 Å². The Labute approximate surface area is 167 Å². The third-order valence-electron chi connectivity index (χ3n) is 5.82. The molecule has 2 aliphatic heterocycles. The van der Waals surface area contributed by atoms with E-state index in [1.807, 2.05) is 16.9 Å². The molecule has 28 heavy (non-hydrogen) atoms. The van der Waals surface area contributed by atoms with E-state index < -0.39 is 0 Å². The molecule has 4 rings (SSSR count). The van der Waals surface area contributed by atoms with Gasteiger partial charge in [-0.05, 0) is 62.5 Å². The van der Waals surface area contributed by atoms with E-state index in [9.17, 15) is 4.79 Å². The molecule has 1 aromatic carbocycles. The molecular weight excluding hydrogens is 350 g/mol.